The molecule has 0 radical (unpaired) electrons. The van der Waals surface area contributed by atoms with Gasteiger partial charge >= 0.3 is 5.97 Å². The minimum atomic E-state index is -0.967. The Bertz CT molecular complexity index is 525. The minimum absolute atomic E-state index is 0.167. The average molecular weight is 291 g/mol. The second-order valence-electron chi connectivity index (χ2n) is 5.56. The lowest BCUT2D eigenvalue weighted by molar-refractivity contribution is -0.152. The lowest BCUT2D eigenvalue weighted by Crippen LogP contribution is -2.53. The maximum absolute atomic E-state index is 12.2. The zero-order chi connectivity index (χ0) is 16.0. The zero-order valence-corrected chi connectivity index (χ0v) is 13.6. The van der Waals surface area contributed by atoms with Crippen LogP contribution in [-0.2, 0) is 20.7 Å². The molecule has 1 atom stereocenters. The number of nitrogens with one attached hydrogen (secondary N) is 1. The largest absolute Gasteiger partial charge is 0.464 e. The van der Waals surface area contributed by atoms with E-state index in [-0.39, 0.29) is 18.3 Å². The third kappa shape index (κ3) is 4.59. The molecule has 0 aliphatic rings. The molecule has 1 N–H and O–H groups in total. The highest BCUT2D eigenvalue weighted by Crippen LogP contribution is 2.14. The fraction of sp³-hybridized carbons (Fsp3) is 0.529. The molecule has 0 heterocycles. The van der Waals surface area contributed by atoms with Crippen molar-refractivity contribution in [1.29, 1.82) is 0 Å². The quantitative estimate of drug-likeness (QED) is 0.820. The van der Waals surface area contributed by atoms with E-state index >= 15 is 0 Å². The van der Waals surface area contributed by atoms with Crippen molar-refractivity contribution in [2.45, 2.75) is 53.0 Å². The molecule has 0 fully saturated rings. The Labute approximate surface area is 126 Å². The van der Waals surface area contributed by atoms with Gasteiger partial charge in [0.1, 0.15) is 5.54 Å². The van der Waals surface area contributed by atoms with Crippen LogP contribution in [0, 0.1) is 13.8 Å². The van der Waals surface area contributed by atoms with Crippen molar-refractivity contribution in [3.63, 3.8) is 0 Å². The summed E-state index contributed by atoms with van der Waals surface area (Å²) < 4.78 is 5.03. The molecule has 0 aliphatic carbocycles. The number of esters is 1. The Hall–Kier alpha value is -1.84. The van der Waals surface area contributed by atoms with Gasteiger partial charge < -0.3 is 10.1 Å². The second-order valence-corrected chi connectivity index (χ2v) is 5.56. The average Bonchev–Trinajstić information content (AvgIpc) is 2.42. The Morgan fingerprint density at radius 3 is 2.43 bits per heavy atom. The maximum Gasteiger partial charge on any atom is 0.331 e. The van der Waals surface area contributed by atoms with Crippen LogP contribution in [0.25, 0.3) is 0 Å². The highest BCUT2D eigenvalue weighted by molar-refractivity contribution is 5.88. The molecular weight excluding hydrogens is 266 g/mol. The van der Waals surface area contributed by atoms with Crippen LogP contribution in [0.4, 0.5) is 0 Å². The summed E-state index contributed by atoms with van der Waals surface area (Å²) in [4.78, 5) is 24.2. The zero-order valence-electron chi connectivity index (χ0n) is 13.6. The third-order valence-corrected chi connectivity index (χ3v) is 3.70. The molecule has 21 heavy (non-hydrogen) atoms. The van der Waals surface area contributed by atoms with Gasteiger partial charge in [-0.15, -0.1) is 0 Å². The first-order valence-electron chi connectivity index (χ1n) is 7.36. The van der Waals surface area contributed by atoms with Crippen molar-refractivity contribution in [3.05, 3.63) is 34.9 Å². The van der Waals surface area contributed by atoms with E-state index in [1.165, 1.54) is 5.56 Å². The number of benzene rings is 1. The number of carbonyl (C=O) groups is 2. The number of aryl methyl sites for hydroxylation is 2. The summed E-state index contributed by atoms with van der Waals surface area (Å²) in [5.41, 5.74) is 2.26. The Morgan fingerprint density at radius 2 is 1.90 bits per heavy atom. The maximum atomic E-state index is 12.2. The second kappa shape index (κ2) is 7.25. The van der Waals surface area contributed by atoms with Crippen molar-refractivity contribution < 1.29 is 14.3 Å². The van der Waals surface area contributed by atoms with Crippen molar-refractivity contribution in [2.24, 2.45) is 0 Å². The van der Waals surface area contributed by atoms with Gasteiger partial charge in [-0.2, -0.15) is 0 Å². The van der Waals surface area contributed by atoms with Gasteiger partial charge in [0, 0.05) is 0 Å². The highest BCUT2D eigenvalue weighted by Gasteiger charge is 2.34. The predicted molar refractivity (Wildman–Crippen MR) is 83.1 cm³/mol. The Balaban J connectivity index is 2.77. The van der Waals surface area contributed by atoms with Crippen LogP contribution in [-0.4, -0.2) is 24.0 Å². The van der Waals surface area contributed by atoms with E-state index in [0.717, 1.165) is 11.1 Å². The SMILES string of the molecule is CCOC(=O)C(C)(CC)NC(=O)Cc1ccc(C)cc1C. The van der Waals surface area contributed by atoms with E-state index < -0.39 is 5.54 Å². The van der Waals surface area contributed by atoms with Crippen molar-refractivity contribution >= 4 is 11.9 Å². The first-order valence-corrected chi connectivity index (χ1v) is 7.36. The molecule has 1 unspecified atom stereocenters. The minimum Gasteiger partial charge on any atom is -0.464 e. The molecular formula is C17H25NO3. The fourth-order valence-electron chi connectivity index (χ4n) is 2.14. The monoisotopic (exact) mass is 291 g/mol. The van der Waals surface area contributed by atoms with Gasteiger partial charge in [-0.25, -0.2) is 4.79 Å². The molecule has 0 bridgehead atoms. The molecule has 1 amide bonds. The molecule has 1 aromatic carbocycles. The van der Waals surface area contributed by atoms with Gasteiger partial charge in [0.2, 0.25) is 5.91 Å². The van der Waals surface area contributed by atoms with E-state index in [2.05, 4.69) is 5.32 Å². The van der Waals surface area contributed by atoms with Crippen LogP contribution in [0.1, 0.15) is 43.9 Å². The van der Waals surface area contributed by atoms with Gasteiger partial charge in [-0.1, -0.05) is 30.7 Å². The van der Waals surface area contributed by atoms with E-state index in [1.807, 2.05) is 39.0 Å². The summed E-state index contributed by atoms with van der Waals surface area (Å²) in [6.07, 6.45) is 0.756. The van der Waals surface area contributed by atoms with Gasteiger partial charge in [-0.05, 0) is 45.2 Å². The van der Waals surface area contributed by atoms with E-state index in [9.17, 15) is 9.59 Å². The van der Waals surface area contributed by atoms with Crippen molar-refractivity contribution in [3.8, 4) is 0 Å². The molecule has 4 heteroatoms. The van der Waals surface area contributed by atoms with Gasteiger partial charge in [0.15, 0.2) is 0 Å². The molecule has 0 spiro atoms. The fourth-order valence-corrected chi connectivity index (χ4v) is 2.14. The van der Waals surface area contributed by atoms with Gasteiger partial charge in [0.25, 0.3) is 0 Å². The van der Waals surface area contributed by atoms with E-state index in [0.29, 0.717) is 13.0 Å². The van der Waals surface area contributed by atoms with Crippen LogP contribution in [0.2, 0.25) is 0 Å². The number of hydrogen-bond donors (Lipinski definition) is 1. The lowest BCUT2D eigenvalue weighted by Gasteiger charge is -2.27. The Morgan fingerprint density at radius 1 is 1.24 bits per heavy atom. The summed E-state index contributed by atoms with van der Waals surface area (Å²) in [5.74, 6) is -0.555. The molecule has 4 nitrogen and oxygen atoms in total. The molecule has 1 rings (SSSR count). The molecule has 0 aromatic heterocycles. The first kappa shape index (κ1) is 17.2. The molecule has 0 saturated heterocycles. The van der Waals surface area contributed by atoms with Crippen LogP contribution >= 0.6 is 0 Å². The smallest absolute Gasteiger partial charge is 0.331 e. The number of hydrogen-bond acceptors (Lipinski definition) is 3. The third-order valence-electron chi connectivity index (χ3n) is 3.70. The first-order chi connectivity index (χ1) is 9.82. The van der Waals surface area contributed by atoms with Crippen LogP contribution in [0.15, 0.2) is 18.2 Å². The summed E-state index contributed by atoms with van der Waals surface area (Å²) in [6, 6.07) is 5.99. The van der Waals surface area contributed by atoms with Crippen molar-refractivity contribution in [2.75, 3.05) is 6.61 Å². The number of amides is 1. The summed E-state index contributed by atoms with van der Waals surface area (Å²) in [5, 5.41) is 2.80. The van der Waals surface area contributed by atoms with Gasteiger partial charge in [0.05, 0.1) is 13.0 Å². The van der Waals surface area contributed by atoms with Gasteiger partial charge in [-0.3, -0.25) is 4.79 Å². The van der Waals surface area contributed by atoms with Crippen molar-refractivity contribution in [1.82, 2.24) is 5.32 Å². The molecule has 0 aliphatic heterocycles. The number of ether oxygens (including phenoxy) is 1. The number of rotatable bonds is 6. The normalized spacial score (nSPS) is 13.4. The summed E-state index contributed by atoms with van der Waals surface area (Å²) in [7, 11) is 0. The predicted octanol–water partition coefficient (Wildman–Crippen LogP) is 2.69. The van der Waals surface area contributed by atoms with Crippen LogP contribution in [0.5, 0.6) is 0 Å². The lowest BCUT2D eigenvalue weighted by atomic mass is 9.97. The Kier molecular flexibility index (Phi) is 5.94. The van der Waals surface area contributed by atoms with E-state index in [1.54, 1.807) is 13.8 Å². The highest BCUT2D eigenvalue weighted by atomic mass is 16.5. The molecule has 1 aromatic rings. The number of carbonyl (C=O) groups excluding carboxylic acids is 2. The van der Waals surface area contributed by atoms with Crippen LogP contribution < -0.4 is 5.32 Å². The van der Waals surface area contributed by atoms with E-state index in [4.69, 9.17) is 4.74 Å². The summed E-state index contributed by atoms with van der Waals surface area (Å²) >= 11 is 0. The summed E-state index contributed by atoms with van der Waals surface area (Å²) in [6.45, 7) is 9.62. The molecule has 0 saturated carbocycles. The topological polar surface area (TPSA) is 55.4 Å². The molecule has 116 valence electrons. The standard InChI is InChI=1S/C17H25NO3/c1-6-17(5,16(20)21-7-2)18-15(19)11-14-9-8-12(3)10-13(14)4/h8-10H,6-7,11H2,1-5H3,(H,18,19). The van der Waals surface area contributed by atoms with Crippen LogP contribution in [0.3, 0.4) is 0 Å².